The van der Waals surface area contributed by atoms with Crippen molar-refractivity contribution in [3.63, 3.8) is 0 Å². The first kappa shape index (κ1) is 14.8. The van der Waals surface area contributed by atoms with Crippen molar-refractivity contribution in [1.82, 2.24) is 9.97 Å². The highest BCUT2D eigenvalue weighted by Gasteiger charge is 2.19. The van der Waals surface area contributed by atoms with Crippen molar-refractivity contribution < 1.29 is 0 Å². The van der Waals surface area contributed by atoms with Gasteiger partial charge in [0.1, 0.15) is 11.6 Å². The fourth-order valence-electron chi connectivity index (χ4n) is 2.83. The Morgan fingerprint density at radius 1 is 1.11 bits per heavy atom. The molecule has 2 N–H and O–H groups in total. The molecule has 1 heterocycles. The van der Waals surface area contributed by atoms with Gasteiger partial charge in [0.05, 0.1) is 10.2 Å². The Kier molecular flexibility index (Phi) is 5.61. The lowest BCUT2D eigenvalue weighted by atomic mass is 9.90. The van der Waals surface area contributed by atoms with Crippen molar-refractivity contribution in [3.05, 3.63) is 16.0 Å². The van der Waals surface area contributed by atoms with Gasteiger partial charge in [0.25, 0.3) is 0 Å². The van der Waals surface area contributed by atoms with Crippen LogP contribution in [0.25, 0.3) is 0 Å². The highest BCUT2D eigenvalue weighted by atomic mass is 79.9. The van der Waals surface area contributed by atoms with E-state index in [1.165, 1.54) is 44.9 Å². The third-order valence-electron chi connectivity index (χ3n) is 3.92. The highest BCUT2D eigenvalue weighted by molar-refractivity contribution is 9.10. The zero-order valence-corrected chi connectivity index (χ0v) is 13.4. The van der Waals surface area contributed by atoms with Gasteiger partial charge in [-0.15, -0.1) is 0 Å². The van der Waals surface area contributed by atoms with Crippen LogP contribution in [0.2, 0.25) is 0 Å². The molecule has 1 fully saturated rings. The van der Waals surface area contributed by atoms with E-state index < -0.39 is 0 Å². The van der Waals surface area contributed by atoms with Crippen LogP contribution in [-0.2, 0) is 6.42 Å². The molecule has 4 heteroatoms. The maximum Gasteiger partial charge on any atom is 0.141 e. The smallest absolute Gasteiger partial charge is 0.141 e. The summed E-state index contributed by atoms with van der Waals surface area (Å²) in [7, 11) is 0. The minimum Gasteiger partial charge on any atom is -0.383 e. The van der Waals surface area contributed by atoms with Crippen LogP contribution in [0, 0.1) is 0 Å². The number of rotatable bonds is 3. The first-order valence-corrected chi connectivity index (χ1v) is 8.33. The third-order valence-corrected chi connectivity index (χ3v) is 4.78. The lowest BCUT2D eigenvalue weighted by molar-refractivity contribution is 0.441. The molecule has 0 amide bonds. The number of aromatic nitrogens is 2. The summed E-state index contributed by atoms with van der Waals surface area (Å²) in [5.74, 6) is 2.09. The van der Waals surface area contributed by atoms with Gasteiger partial charge in [-0.3, -0.25) is 0 Å². The van der Waals surface area contributed by atoms with Crippen molar-refractivity contribution in [2.45, 2.75) is 70.6 Å². The number of hydrogen-bond acceptors (Lipinski definition) is 3. The van der Waals surface area contributed by atoms with Crippen molar-refractivity contribution >= 4 is 21.7 Å². The maximum atomic E-state index is 6.03. The molecule has 1 saturated carbocycles. The Hall–Kier alpha value is -0.640. The summed E-state index contributed by atoms with van der Waals surface area (Å²) >= 11 is 3.52. The van der Waals surface area contributed by atoms with E-state index in [0.29, 0.717) is 11.7 Å². The largest absolute Gasteiger partial charge is 0.383 e. The molecule has 0 unspecified atom stereocenters. The van der Waals surface area contributed by atoms with Crippen LogP contribution in [-0.4, -0.2) is 9.97 Å². The number of aryl methyl sites for hydroxylation is 1. The summed E-state index contributed by atoms with van der Waals surface area (Å²) in [5, 5.41) is 0. The molecule has 2 rings (SSSR count). The lowest BCUT2D eigenvalue weighted by Gasteiger charge is -2.19. The second kappa shape index (κ2) is 7.22. The third kappa shape index (κ3) is 3.91. The number of hydrogen-bond donors (Lipinski definition) is 1. The topological polar surface area (TPSA) is 51.8 Å². The van der Waals surface area contributed by atoms with Crippen molar-refractivity contribution in [3.8, 4) is 0 Å². The van der Waals surface area contributed by atoms with Gasteiger partial charge in [-0.05, 0) is 35.2 Å². The van der Waals surface area contributed by atoms with Gasteiger partial charge in [-0.2, -0.15) is 0 Å². The molecule has 0 atom stereocenters. The van der Waals surface area contributed by atoms with Gasteiger partial charge < -0.3 is 5.73 Å². The Morgan fingerprint density at radius 3 is 2.37 bits per heavy atom. The number of nitrogens with zero attached hydrogens (tertiary/aromatic N) is 2. The molecule has 3 nitrogen and oxygen atoms in total. The molecule has 1 aliphatic rings. The minimum atomic E-state index is 0.506. The summed E-state index contributed by atoms with van der Waals surface area (Å²) in [6, 6.07) is 0. The molecule has 1 aliphatic carbocycles. The van der Waals surface area contributed by atoms with Gasteiger partial charge in [0.2, 0.25) is 0 Å². The Bertz CT molecular complexity index is 412. The fourth-order valence-corrected chi connectivity index (χ4v) is 3.21. The van der Waals surface area contributed by atoms with E-state index in [9.17, 15) is 0 Å². The number of nitrogen functional groups attached to an aromatic ring is 1. The summed E-state index contributed by atoms with van der Waals surface area (Å²) in [6.45, 7) is 2.17. The molecule has 0 spiro atoms. The Balaban J connectivity index is 2.22. The van der Waals surface area contributed by atoms with Crippen LogP contribution in [0.3, 0.4) is 0 Å². The zero-order chi connectivity index (χ0) is 13.7. The summed E-state index contributed by atoms with van der Waals surface area (Å²) in [4.78, 5) is 9.31. The van der Waals surface area contributed by atoms with E-state index in [2.05, 4.69) is 27.8 Å². The normalized spacial score (nSPS) is 18.0. The number of halogens is 1. The van der Waals surface area contributed by atoms with Crippen LogP contribution in [0.1, 0.15) is 75.7 Å². The molecule has 1 aromatic rings. The predicted octanol–water partition coefficient (Wildman–Crippen LogP) is 4.60. The molecular weight excluding hydrogens is 302 g/mol. The molecule has 1 aromatic heterocycles. The lowest BCUT2D eigenvalue weighted by Crippen LogP contribution is -2.11. The van der Waals surface area contributed by atoms with E-state index in [0.717, 1.165) is 28.8 Å². The quantitative estimate of drug-likeness (QED) is 0.883. The standard InChI is InChI=1S/C15H24BrN3/c1-2-8-12-13(16)14(17)19-15(18-12)11-9-6-4-3-5-7-10-11/h11H,2-10H2,1H3,(H2,17,18,19). The first-order valence-electron chi connectivity index (χ1n) is 7.54. The molecule has 0 radical (unpaired) electrons. The maximum absolute atomic E-state index is 6.03. The molecule has 0 bridgehead atoms. The van der Waals surface area contributed by atoms with Crippen LogP contribution in [0.15, 0.2) is 4.47 Å². The van der Waals surface area contributed by atoms with Gasteiger partial charge in [0.15, 0.2) is 0 Å². The predicted molar refractivity (Wildman–Crippen MR) is 83.2 cm³/mol. The Morgan fingerprint density at radius 2 is 1.74 bits per heavy atom. The number of anilines is 1. The summed E-state index contributed by atoms with van der Waals surface area (Å²) in [5.41, 5.74) is 7.11. The van der Waals surface area contributed by atoms with Crippen molar-refractivity contribution in [2.75, 3.05) is 5.73 Å². The second-order valence-electron chi connectivity index (χ2n) is 5.52. The molecule has 0 aliphatic heterocycles. The fraction of sp³-hybridized carbons (Fsp3) is 0.733. The van der Waals surface area contributed by atoms with E-state index in [1.54, 1.807) is 0 Å². The first-order chi connectivity index (χ1) is 9.22. The van der Waals surface area contributed by atoms with Crippen LogP contribution >= 0.6 is 15.9 Å². The van der Waals surface area contributed by atoms with Gasteiger partial charge in [-0.1, -0.05) is 45.4 Å². The number of nitrogens with two attached hydrogens (primary N) is 1. The summed E-state index contributed by atoms with van der Waals surface area (Å²) < 4.78 is 0.893. The molecule has 0 saturated heterocycles. The van der Waals surface area contributed by atoms with Crippen molar-refractivity contribution in [1.29, 1.82) is 0 Å². The highest BCUT2D eigenvalue weighted by Crippen LogP contribution is 2.31. The average molecular weight is 326 g/mol. The van der Waals surface area contributed by atoms with Crippen LogP contribution in [0.4, 0.5) is 5.82 Å². The molecular formula is C15H24BrN3. The van der Waals surface area contributed by atoms with E-state index >= 15 is 0 Å². The second-order valence-corrected chi connectivity index (χ2v) is 6.31. The molecule has 106 valence electrons. The van der Waals surface area contributed by atoms with Crippen molar-refractivity contribution in [2.24, 2.45) is 0 Å². The SMILES string of the molecule is CCCc1nc(C2CCCCCCC2)nc(N)c1Br. The van der Waals surface area contributed by atoms with Gasteiger partial charge in [0, 0.05) is 5.92 Å². The van der Waals surface area contributed by atoms with E-state index in [1.807, 2.05) is 0 Å². The van der Waals surface area contributed by atoms with Crippen LogP contribution < -0.4 is 5.73 Å². The van der Waals surface area contributed by atoms with Gasteiger partial charge in [-0.25, -0.2) is 9.97 Å². The van der Waals surface area contributed by atoms with E-state index in [4.69, 9.17) is 10.7 Å². The molecule has 19 heavy (non-hydrogen) atoms. The minimum absolute atomic E-state index is 0.506. The average Bonchev–Trinajstić information content (AvgIpc) is 2.34. The molecule has 0 aromatic carbocycles. The Labute approximate surface area is 124 Å². The van der Waals surface area contributed by atoms with E-state index in [-0.39, 0.29) is 0 Å². The monoisotopic (exact) mass is 325 g/mol. The van der Waals surface area contributed by atoms with Crippen LogP contribution in [0.5, 0.6) is 0 Å². The zero-order valence-electron chi connectivity index (χ0n) is 11.8. The van der Waals surface area contributed by atoms with Gasteiger partial charge >= 0.3 is 0 Å². The summed E-state index contributed by atoms with van der Waals surface area (Å²) in [6.07, 6.45) is 11.2.